The van der Waals surface area contributed by atoms with Gasteiger partial charge in [0, 0.05) is 6.07 Å². The molecule has 3 nitrogen and oxygen atoms in total. The largest absolute Gasteiger partial charge is 0.455 e. The van der Waals surface area contributed by atoms with Crippen molar-refractivity contribution in [2.24, 2.45) is 0 Å². The van der Waals surface area contributed by atoms with E-state index in [0.29, 0.717) is 22.7 Å². The van der Waals surface area contributed by atoms with Crippen molar-refractivity contribution in [2.45, 2.75) is 0 Å². The summed E-state index contributed by atoms with van der Waals surface area (Å²) < 4.78 is 5.58. The first kappa shape index (κ1) is 10.1. The molecule has 3 heteroatoms. The van der Waals surface area contributed by atoms with Gasteiger partial charge in [0.25, 0.3) is 0 Å². The highest BCUT2D eigenvalue weighted by Gasteiger charge is 2.03. The Morgan fingerprint density at radius 3 is 2.50 bits per heavy atom. The number of benzene rings is 2. The van der Waals surface area contributed by atoms with Crippen LogP contribution in [-0.4, -0.2) is 0 Å². The van der Waals surface area contributed by atoms with Crippen LogP contribution in [-0.2, 0) is 0 Å². The van der Waals surface area contributed by atoms with Crippen molar-refractivity contribution in [3.63, 3.8) is 0 Å². The molecule has 0 amide bonds. The molecule has 0 aromatic heterocycles. The molecular formula is C13H10N2O. The van der Waals surface area contributed by atoms with Crippen LogP contribution in [0, 0.1) is 11.3 Å². The summed E-state index contributed by atoms with van der Waals surface area (Å²) in [4.78, 5) is 0. The minimum atomic E-state index is 0.505. The number of nitrogens with two attached hydrogens (primary N) is 1. The average Bonchev–Trinajstić information content (AvgIpc) is 2.33. The van der Waals surface area contributed by atoms with Gasteiger partial charge >= 0.3 is 0 Å². The van der Waals surface area contributed by atoms with Gasteiger partial charge in [0.05, 0.1) is 17.3 Å². The molecule has 0 bridgehead atoms. The van der Waals surface area contributed by atoms with Crippen LogP contribution in [0.25, 0.3) is 0 Å². The summed E-state index contributed by atoms with van der Waals surface area (Å²) >= 11 is 0. The van der Waals surface area contributed by atoms with E-state index in [4.69, 9.17) is 15.7 Å². The van der Waals surface area contributed by atoms with Crippen molar-refractivity contribution in [1.82, 2.24) is 0 Å². The van der Waals surface area contributed by atoms with Crippen molar-refractivity contribution in [1.29, 1.82) is 5.26 Å². The number of anilines is 1. The molecule has 2 aromatic rings. The molecule has 2 rings (SSSR count). The molecule has 0 aliphatic carbocycles. The monoisotopic (exact) mass is 210 g/mol. The maximum absolute atomic E-state index is 8.77. The van der Waals surface area contributed by atoms with Gasteiger partial charge in [-0.15, -0.1) is 0 Å². The van der Waals surface area contributed by atoms with E-state index in [2.05, 4.69) is 0 Å². The van der Waals surface area contributed by atoms with Gasteiger partial charge in [-0.3, -0.25) is 0 Å². The number of rotatable bonds is 2. The number of ether oxygens (including phenoxy) is 1. The molecule has 0 heterocycles. The maximum Gasteiger partial charge on any atom is 0.151 e. The lowest BCUT2D eigenvalue weighted by Crippen LogP contribution is -1.92. The molecule has 0 unspecified atom stereocenters. The van der Waals surface area contributed by atoms with Crippen molar-refractivity contribution in [3.05, 3.63) is 54.1 Å². The fourth-order valence-electron chi connectivity index (χ4n) is 1.31. The van der Waals surface area contributed by atoms with E-state index in [9.17, 15) is 0 Å². The molecule has 0 saturated heterocycles. The van der Waals surface area contributed by atoms with Crippen molar-refractivity contribution < 1.29 is 4.74 Å². The zero-order valence-corrected chi connectivity index (χ0v) is 8.55. The third kappa shape index (κ3) is 2.12. The minimum absolute atomic E-state index is 0.505. The Labute approximate surface area is 93.7 Å². The predicted octanol–water partition coefficient (Wildman–Crippen LogP) is 2.93. The summed E-state index contributed by atoms with van der Waals surface area (Å²) in [6.45, 7) is 0. The molecule has 0 spiro atoms. The van der Waals surface area contributed by atoms with Crippen LogP contribution >= 0.6 is 0 Å². The summed E-state index contributed by atoms with van der Waals surface area (Å²) in [5.74, 6) is 1.20. The third-order valence-electron chi connectivity index (χ3n) is 2.11. The molecule has 0 saturated carbocycles. The Hall–Kier alpha value is -2.47. The van der Waals surface area contributed by atoms with Crippen molar-refractivity contribution in [2.75, 3.05) is 5.73 Å². The third-order valence-corrected chi connectivity index (χ3v) is 2.11. The number of nitrogens with zero attached hydrogens (tertiary/aromatic N) is 1. The number of hydrogen-bond donors (Lipinski definition) is 1. The Balaban J connectivity index is 2.31. The summed E-state index contributed by atoms with van der Waals surface area (Å²) in [5.41, 5.74) is 6.80. The highest BCUT2D eigenvalue weighted by atomic mass is 16.5. The van der Waals surface area contributed by atoms with Gasteiger partial charge in [-0.05, 0) is 24.3 Å². The van der Waals surface area contributed by atoms with Crippen LogP contribution < -0.4 is 10.5 Å². The molecule has 0 aliphatic heterocycles. The second-order valence-corrected chi connectivity index (χ2v) is 3.28. The smallest absolute Gasteiger partial charge is 0.151 e. The highest BCUT2D eigenvalue weighted by Crippen LogP contribution is 2.27. The van der Waals surface area contributed by atoms with Crippen LogP contribution in [0.3, 0.4) is 0 Å². The van der Waals surface area contributed by atoms with E-state index in [1.54, 1.807) is 18.2 Å². The topological polar surface area (TPSA) is 59.0 Å². The van der Waals surface area contributed by atoms with E-state index in [1.807, 2.05) is 36.4 Å². The van der Waals surface area contributed by atoms with Gasteiger partial charge in [-0.1, -0.05) is 18.2 Å². The van der Waals surface area contributed by atoms with E-state index in [1.165, 1.54) is 0 Å². The molecule has 0 radical (unpaired) electrons. The number of nitriles is 1. The Kier molecular flexibility index (Phi) is 2.75. The second-order valence-electron chi connectivity index (χ2n) is 3.28. The summed E-state index contributed by atoms with van der Waals surface area (Å²) in [6, 6.07) is 16.3. The van der Waals surface area contributed by atoms with Gasteiger partial charge in [-0.2, -0.15) is 5.26 Å². The SMILES string of the molecule is N#Cc1ccc(N)c(Oc2ccccc2)c1. The fourth-order valence-corrected chi connectivity index (χ4v) is 1.31. The van der Waals surface area contributed by atoms with Gasteiger partial charge in [-0.25, -0.2) is 0 Å². The van der Waals surface area contributed by atoms with Crippen LogP contribution in [0.5, 0.6) is 11.5 Å². The Morgan fingerprint density at radius 1 is 1.06 bits per heavy atom. The van der Waals surface area contributed by atoms with Crippen molar-refractivity contribution >= 4 is 5.69 Å². The van der Waals surface area contributed by atoms with Crippen LogP contribution in [0.15, 0.2) is 48.5 Å². The van der Waals surface area contributed by atoms with E-state index < -0.39 is 0 Å². The average molecular weight is 210 g/mol. The van der Waals surface area contributed by atoms with Crippen LogP contribution in [0.1, 0.15) is 5.56 Å². The second kappa shape index (κ2) is 4.37. The molecule has 78 valence electrons. The van der Waals surface area contributed by atoms with Gasteiger partial charge in [0.15, 0.2) is 5.75 Å². The van der Waals surface area contributed by atoms with E-state index >= 15 is 0 Å². The lowest BCUT2D eigenvalue weighted by atomic mass is 10.2. The zero-order chi connectivity index (χ0) is 11.4. The van der Waals surface area contributed by atoms with Crippen LogP contribution in [0.2, 0.25) is 0 Å². The Bertz CT molecular complexity index is 529. The first-order chi connectivity index (χ1) is 7.79. The van der Waals surface area contributed by atoms with Crippen LogP contribution in [0.4, 0.5) is 5.69 Å². The zero-order valence-electron chi connectivity index (χ0n) is 8.55. The summed E-state index contributed by atoms with van der Waals surface area (Å²) in [5, 5.41) is 8.77. The lowest BCUT2D eigenvalue weighted by Gasteiger charge is -2.08. The fraction of sp³-hybridized carbons (Fsp3) is 0. The molecule has 0 atom stereocenters. The minimum Gasteiger partial charge on any atom is -0.455 e. The molecule has 2 aromatic carbocycles. The molecule has 16 heavy (non-hydrogen) atoms. The lowest BCUT2D eigenvalue weighted by molar-refractivity contribution is 0.485. The van der Waals surface area contributed by atoms with Crippen molar-refractivity contribution in [3.8, 4) is 17.6 Å². The maximum atomic E-state index is 8.77. The number of para-hydroxylation sites is 1. The quantitative estimate of drug-likeness (QED) is 0.775. The Morgan fingerprint density at radius 2 is 1.81 bits per heavy atom. The molecule has 0 aliphatic rings. The molecule has 2 N–H and O–H groups in total. The van der Waals surface area contributed by atoms with E-state index in [0.717, 1.165) is 0 Å². The highest BCUT2D eigenvalue weighted by molar-refractivity contribution is 5.57. The summed E-state index contributed by atoms with van der Waals surface area (Å²) in [6.07, 6.45) is 0. The predicted molar refractivity (Wildman–Crippen MR) is 62.1 cm³/mol. The number of nitrogen functional groups attached to an aromatic ring is 1. The molecule has 0 fully saturated rings. The van der Waals surface area contributed by atoms with E-state index in [-0.39, 0.29) is 0 Å². The first-order valence-corrected chi connectivity index (χ1v) is 4.82. The van der Waals surface area contributed by atoms with Gasteiger partial charge < -0.3 is 10.5 Å². The molecular weight excluding hydrogens is 200 g/mol. The van der Waals surface area contributed by atoms with Gasteiger partial charge in [0.2, 0.25) is 0 Å². The standard InChI is InChI=1S/C13H10N2O/c14-9-10-6-7-12(15)13(8-10)16-11-4-2-1-3-5-11/h1-8H,15H2. The summed E-state index contributed by atoms with van der Waals surface area (Å²) in [7, 11) is 0. The van der Waals surface area contributed by atoms with Gasteiger partial charge in [0.1, 0.15) is 5.75 Å². The normalized spacial score (nSPS) is 9.44. The number of hydrogen-bond acceptors (Lipinski definition) is 3. The first-order valence-electron chi connectivity index (χ1n) is 4.82.